The second-order valence-electron chi connectivity index (χ2n) is 8.61. The molecule has 0 fully saturated rings. The van der Waals surface area contributed by atoms with Gasteiger partial charge in [-0.1, -0.05) is 133 Å². The van der Waals surface area contributed by atoms with Gasteiger partial charge in [0.15, 0.2) is 0 Å². The van der Waals surface area contributed by atoms with Gasteiger partial charge in [-0.25, -0.2) is 0 Å². The summed E-state index contributed by atoms with van der Waals surface area (Å²) in [5, 5.41) is 5.01. The highest BCUT2D eigenvalue weighted by Crippen LogP contribution is 2.38. The first-order chi connectivity index (χ1) is 16.9. The smallest absolute Gasteiger partial charge is 0.00266 e. The second kappa shape index (κ2) is 8.84. The van der Waals surface area contributed by atoms with Crippen molar-refractivity contribution in [3.8, 4) is 0 Å². The molecule has 0 aliphatic heterocycles. The third-order valence-corrected chi connectivity index (χ3v) is 6.45. The maximum atomic E-state index is 2.32. The summed E-state index contributed by atoms with van der Waals surface area (Å²) >= 11 is 0. The molecule has 0 N–H and O–H groups in total. The van der Waals surface area contributed by atoms with Crippen LogP contribution in [0.3, 0.4) is 0 Å². The Hall–Kier alpha value is -4.42. The van der Waals surface area contributed by atoms with E-state index in [4.69, 9.17) is 0 Å². The summed E-state index contributed by atoms with van der Waals surface area (Å²) in [5.74, 6) is 0. The first-order valence-corrected chi connectivity index (χ1v) is 11.7. The van der Waals surface area contributed by atoms with Crippen LogP contribution in [-0.2, 0) is 0 Å². The van der Waals surface area contributed by atoms with Crippen molar-refractivity contribution in [3.05, 3.63) is 168 Å². The average Bonchev–Trinajstić information content (AvgIpc) is 2.92. The summed E-state index contributed by atoms with van der Waals surface area (Å²) in [6.45, 7) is 0. The van der Waals surface area contributed by atoms with Gasteiger partial charge in [0.1, 0.15) is 0 Å². The van der Waals surface area contributed by atoms with E-state index < -0.39 is 0 Å². The average molecular weight is 433 g/mol. The minimum absolute atomic E-state index is 1.21. The first kappa shape index (κ1) is 20.2. The minimum atomic E-state index is 1.21. The lowest BCUT2D eigenvalue weighted by atomic mass is 9.84. The lowest BCUT2D eigenvalue weighted by Gasteiger charge is -2.19. The van der Waals surface area contributed by atoms with Crippen LogP contribution < -0.4 is 0 Å². The van der Waals surface area contributed by atoms with Gasteiger partial charge in [0.25, 0.3) is 0 Å². The molecule has 160 valence electrons. The molecule has 0 aliphatic rings. The summed E-state index contributed by atoms with van der Waals surface area (Å²) in [6, 6.07) is 52.3. The molecule has 0 unspecified atom stereocenters. The van der Waals surface area contributed by atoms with Gasteiger partial charge in [-0.05, 0) is 67.1 Å². The summed E-state index contributed by atoms with van der Waals surface area (Å²) in [6.07, 6.45) is 0. The van der Waals surface area contributed by atoms with Gasteiger partial charge in [0.2, 0.25) is 0 Å². The number of hydrogen-bond donors (Lipinski definition) is 0. The molecule has 0 spiro atoms. The van der Waals surface area contributed by atoms with Gasteiger partial charge in [-0.15, -0.1) is 0 Å². The van der Waals surface area contributed by atoms with Gasteiger partial charge in [-0.3, -0.25) is 0 Å². The quantitative estimate of drug-likeness (QED) is 0.244. The molecule has 0 heteroatoms. The monoisotopic (exact) mass is 432 g/mol. The van der Waals surface area contributed by atoms with Crippen LogP contribution in [0, 0.1) is 0 Å². The highest BCUT2D eigenvalue weighted by molar-refractivity contribution is 6.07. The molecule has 6 rings (SSSR count). The van der Waals surface area contributed by atoms with Crippen LogP contribution in [0.1, 0.15) is 22.3 Å². The fraction of sp³-hybridized carbons (Fsp3) is 0. The van der Waals surface area contributed by atoms with Crippen molar-refractivity contribution in [2.24, 2.45) is 0 Å². The molecule has 0 aromatic heterocycles. The largest absolute Gasteiger partial charge is 0.0622 e. The number of hydrogen-bond acceptors (Lipinski definition) is 0. The molecule has 0 nitrogen and oxygen atoms in total. The maximum absolute atomic E-state index is 2.32. The van der Waals surface area contributed by atoms with Gasteiger partial charge in [0, 0.05) is 0 Å². The number of benzene rings is 6. The van der Waals surface area contributed by atoms with Gasteiger partial charge >= 0.3 is 0 Å². The molecular weight excluding hydrogens is 408 g/mol. The summed E-state index contributed by atoms with van der Waals surface area (Å²) < 4.78 is 0. The highest BCUT2D eigenvalue weighted by Gasteiger charge is 2.17. The zero-order valence-corrected chi connectivity index (χ0v) is 18.9. The van der Waals surface area contributed by atoms with E-state index in [0.29, 0.717) is 0 Å². The zero-order valence-electron chi connectivity index (χ0n) is 18.9. The predicted molar refractivity (Wildman–Crippen MR) is 146 cm³/mol. The molecule has 0 aliphatic carbocycles. The van der Waals surface area contributed by atoms with Crippen LogP contribution in [0.25, 0.3) is 32.7 Å². The van der Waals surface area contributed by atoms with Crippen LogP contribution in [-0.4, -0.2) is 0 Å². The van der Waals surface area contributed by atoms with E-state index in [0.717, 1.165) is 0 Å². The van der Waals surface area contributed by atoms with Gasteiger partial charge in [-0.2, -0.15) is 0 Å². The maximum Gasteiger partial charge on any atom is -0.00266 e. The SMILES string of the molecule is c1ccc(/C(=C(/c2ccccc2)c2ccc3ccccc3c2)c2ccc3ccccc3c2)cc1. The Balaban J connectivity index is 1.72. The van der Waals surface area contributed by atoms with Crippen molar-refractivity contribution in [2.75, 3.05) is 0 Å². The van der Waals surface area contributed by atoms with E-state index in [-0.39, 0.29) is 0 Å². The lowest BCUT2D eigenvalue weighted by molar-refractivity contribution is 1.52. The summed E-state index contributed by atoms with van der Waals surface area (Å²) in [4.78, 5) is 0. The van der Waals surface area contributed by atoms with Gasteiger partial charge < -0.3 is 0 Å². The van der Waals surface area contributed by atoms with Crippen molar-refractivity contribution in [1.29, 1.82) is 0 Å². The van der Waals surface area contributed by atoms with Crippen LogP contribution in [0.15, 0.2) is 146 Å². The molecule has 6 aromatic carbocycles. The van der Waals surface area contributed by atoms with E-state index in [9.17, 15) is 0 Å². The van der Waals surface area contributed by atoms with E-state index >= 15 is 0 Å². The molecule has 0 heterocycles. The van der Waals surface area contributed by atoms with E-state index in [1.54, 1.807) is 0 Å². The van der Waals surface area contributed by atoms with Crippen LogP contribution in [0.2, 0.25) is 0 Å². The number of fused-ring (bicyclic) bond motifs is 2. The molecule has 0 saturated heterocycles. The standard InChI is InChI=1S/C34H24/c1-3-13-27(14-4-1)33(31-21-19-25-11-7-9-17-29(25)23-31)34(28-15-5-2-6-16-28)32-22-20-26-12-8-10-18-30(26)24-32/h1-24H/b34-33+. The third kappa shape index (κ3) is 3.80. The van der Waals surface area contributed by atoms with Crippen molar-refractivity contribution in [2.45, 2.75) is 0 Å². The molecule has 34 heavy (non-hydrogen) atoms. The van der Waals surface area contributed by atoms with Crippen molar-refractivity contribution < 1.29 is 0 Å². The van der Waals surface area contributed by atoms with Gasteiger partial charge in [0.05, 0.1) is 0 Å². The molecule has 0 bridgehead atoms. The van der Waals surface area contributed by atoms with Crippen molar-refractivity contribution >= 4 is 32.7 Å². The Bertz CT molecular complexity index is 1500. The minimum Gasteiger partial charge on any atom is -0.0622 e. The Kier molecular flexibility index (Phi) is 5.26. The zero-order chi connectivity index (χ0) is 22.7. The molecule has 0 saturated carbocycles. The number of rotatable bonds is 4. The topological polar surface area (TPSA) is 0 Å². The van der Waals surface area contributed by atoms with E-state index in [1.807, 2.05) is 0 Å². The molecule has 0 amide bonds. The second-order valence-corrected chi connectivity index (χ2v) is 8.61. The lowest BCUT2D eigenvalue weighted by Crippen LogP contribution is -1.97. The third-order valence-electron chi connectivity index (χ3n) is 6.45. The van der Waals surface area contributed by atoms with E-state index in [1.165, 1.54) is 54.9 Å². The van der Waals surface area contributed by atoms with Crippen LogP contribution in [0.5, 0.6) is 0 Å². The van der Waals surface area contributed by atoms with Crippen molar-refractivity contribution in [1.82, 2.24) is 0 Å². The highest BCUT2D eigenvalue weighted by atomic mass is 14.2. The summed E-state index contributed by atoms with van der Waals surface area (Å²) in [7, 11) is 0. The first-order valence-electron chi connectivity index (χ1n) is 11.7. The van der Waals surface area contributed by atoms with E-state index in [2.05, 4.69) is 146 Å². The molecule has 0 atom stereocenters. The predicted octanol–water partition coefficient (Wildman–Crippen LogP) is 9.00. The fourth-order valence-electron chi connectivity index (χ4n) is 4.81. The fourth-order valence-corrected chi connectivity index (χ4v) is 4.81. The normalized spacial score (nSPS) is 12.0. The van der Waals surface area contributed by atoms with Crippen molar-refractivity contribution in [3.63, 3.8) is 0 Å². The van der Waals surface area contributed by atoms with Crippen LogP contribution >= 0.6 is 0 Å². The Morgan fingerprint density at radius 3 is 1.03 bits per heavy atom. The molecule has 0 radical (unpaired) electrons. The Labute approximate surface area is 200 Å². The summed E-state index contributed by atoms with van der Waals surface area (Å²) in [5.41, 5.74) is 7.35. The molecule has 6 aromatic rings. The van der Waals surface area contributed by atoms with Crippen LogP contribution in [0.4, 0.5) is 0 Å². The Morgan fingerprint density at radius 1 is 0.265 bits per heavy atom. The Morgan fingerprint density at radius 2 is 0.618 bits per heavy atom. The molecular formula is C34H24.